The Kier molecular flexibility index (Phi) is 9.40. The van der Waals surface area contributed by atoms with E-state index in [2.05, 4.69) is 11.7 Å². The van der Waals surface area contributed by atoms with Crippen molar-refractivity contribution >= 4 is 11.8 Å². The van der Waals surface area contributed by atoms with Crippen molar-refractivity contribution < 1.29 is 14.3 Å². The average molecular weight is 240 g/mol. The van der Waals surface area contributed by atoms with Crippen LogP contribution >= 0.6 is 0 Å². The fourth-order valence-electron chi connectivity index (χ4n) is 1.61. The summed E-state index contributed by atoms with van der Waals surface area (Å²) in [6.07, 6.45) is 8.29. The van der Waals surface area contributed by atoms with Crippen molar-refractivity contribution in [3.63, 3.8) is 0 Å². The second-order valence-corrected chi connectivity index (χ2v) is 4.34. The number of allylic oxidation sites excluding steroid dienone is 1. The fraction of sp³-hybridized carbons (Fsp3) is 0.714. The Hall–Kier alpha value is -1.12. The van der Waals surface area contributed by atoms with Crippen molar-refractivity contribution in [1.29, 1.82) is 0 Å². The topological polar surface area (TPSA) is 43.4 Å². The van der Waals surface area contributed by atoms with Gasteiger partial charge in [0.2, 0.25) is 0 Å². The van der Waals surface area contributed by atoms with Gasteiger partial charge in [-0.3, -0.25) is 0 Å². The molecule has 0 amide bonds. The molecule has 0 aromatic heterocycles. The van der Waals surface area contributed by atoms with Crippen LogP contribution in [0, 0.1) is 0 Å². The van der Waals surface area contributed by atoms with Crippen LogP contribution in [0.5, 0.6) is 0 Å². The zero-order valence-corrected chi connectivity index (χ0v) is 11.3. The number of ketones is 1. The predicted molar refractivity (Wildman–Crippen MR) is 68.8 cm³/mol. The summed E-state index contributed by atoms with van der Waals surface area (Å²) in [4.78, 5) is 22.1. The SMILES string of the molecule is CCCCCC/C(=C\C(=O)OC)CCC(C)=O. The molecule has 0 aliphatic carbocycles. The molecule has 0 aliphatic rings. The number of esters is 1. The normalized spacial score (nSPS) is 11.4. The maximum Gasteiger partial charge on any atom is 0.330 e. The molecule has 0 aliphatic heterocycles. The average Bonchev–Trinajstić information content (AvgIpc) is 2.30. The first-order chi connectivity index (χ1) is 8.10. The summed E-state index contributed by atoms with van der Waals surface area (Å²) in [5.74, 6) is -0.159. The molecule has 0 aromatic carbocycles. The lowest BCUT2D eigenvalue weighted by Crippen LogP contribution is -1.99. The number of methoxy groups -OCH3 is 1. The van der Waals surface area contributed by atoms with Gasteiger partial charge < -0.3 is 9.53 Å². The van der Waals surface area contributed by atoms with Crippen LogP contribution in [-0.2, 0) is 14.3 Å². The molecule has 0 heterocycles. The smallest absolute Gasteiger partial charge is 0.330 e. The molecule has 0 aromatic rings. The summed E-state index contributed by atoms with van der Waals surface area (Å²) in [5.41, 5.74) is 1.03. The van der Waals surface area contributed by atoms with Gasteiger partial charge >= 0.3 is 5.97 Å². The molecule has 0 fully saturated rings. The standard InChI is InChI=1S/C14H24O3/c1-4-5-6-7-8-13(10-9-12(2)15)11-14(16)17-3/h11H,4-10H2,1-3H3/b13-11+. The highest BCUT2D eigenvalue weighted by atomic mass is 16.5. The lowest BCUT2D eigenvalue weighted by molar-refractivity contribution is -0.135. The summed E-state index contributed by atoms with van der Waals surface area (Å²) < 4.78 is 4.61. The monoisotopic (exact) mass is 240 g/mol. The number of unbranched alkanes of at least 4 members (excludes halogenated alkanes) is 3. The maximum absolute atomic E-state index is 11.2. The molecule has 17 heavy (non-hydrogen) atoms. The molecule has 0 radical (unpaired) electrons. The van der Waals surface area contributed by atoms with Crippen molar-refractivity contribution in [3.05, 3.63) is 11.6 Å². The quantitative estimate of drug-likeness (QED) is 0.352. The van der Waals surface area contributed by atoms with Crippen molar-refractivity contribution in [1.82, 2.24) is 0 Å². The van der Waals surface area contributed by atoms with Crippen LogP contribution in [0.2, 0.25) is 0 Å². The van der Waals surface area contributed by atoms with E-state index >= 15 is 0 Å². The third kappa shape index (κ3) is 9.79. The van der Waals surface area contributed by atoms with Crippen molar-refractivity contribution in [3.8, 4) is 0 Å². The van der Waals surface area contributed by atoms with E-state index in [-0.39, 0.29) is 11.8 Å². The van der Waals surface area contributed by atoms with Gasteiger partial charge in [-0.25, -0.2) is 4.79 Å². The molecule has 3 heteroatoms. The summed E-state index contributed by atoms with van der Waals surface area (Å²) in [6.45, 7) is 3.74. The molecule has 0 unspecified atom stereocenters. The minimum atomic E-state index is -0.320. The third-order valence-electron chi connectivity index (χ3n) is 2.67. The highest BCUT2D eigenvalue weighted by Crippen LogP contribution is 2.15. The number of rotatable bonds is 9. The van der Waals surface area contributed by atoms with Gasteiger partial charge in [0.15, 0.2) is 0 Å². The van der Waals surface area contributed by atoms with E-state index in [1.165, 1.54) is 32.4 Å². The second kappa shape index (κ2) is 10.1. The van der Waals surface area contributed by atoms with Crippen LogP contribution in [0.1, 0.15) is 58.8 Å². The molecule has 98 valence electrons. The third-order valence-corrected chi connectivity index (χ3v) is 2.67. The first kappa shape index (κ1) is 15.9. The highest BCUT2D eigenvalue weighted by molar-refractivity contribution is 5.83. The largest absolute Gasteiger partial charge is 0.466 e. The predicted octanol–water partition coefficient (Wildman–Crippen LogP) is 3.43. The van der Waals surface area contributed by atoms with E-state index in [0.29, 0.717) is 12.8 Å². The Morgan fingerprint density at radius 1 is 1.06 bits per heavy atom. The van der Waals surface area contributed by atoms with Gasteiger partial charge in [0.25, 0.3) is 0 Å². The van der Waals surface area contributed by atoms with Crippen LogP contribution in [0.4, 0.5) is 0 Å². The van der Waals surface area contributed by atoms with E-state index < -0.39 is 0 Å². The van der Waals surface area contributed by atoms with Gasteiger partial charge in [-0.15, -0.1) is 0 Å². The number of carbonyl (C=O) groups is 2. The van der Waals surface area contributed by atoms with E-state index in [4.69, 9.17) is 0 Å². The van der Waals surface area contributed by atoms with E-state index in [1.54, 1.807) is 6.92 Å². The maximum atomic E-state index is 11.2. The molecule has 0 saturated carbocycles. The summed E-state index contributed by atoms with van der Waals surface area (Å²) >= 11 is 0. The van der Waals surface area contributed by atoms with Gasteiger partial charge in [-0.2, -0.15) is 0 Å². The minimum Gasteiger partial charge on any atom is -0.466 e. The van der Waals surface area contributed by atoms with Gasteiger partial charge in [-0.1, -0.05) is 31.8 Å². The Morgan fingerprint density at radius 3 is 2.29 bits per heavy atom. The number of Topliss-reactive ketones (excluding diaryl/α,β-unsaturated/α-hetero) is 1. The van der Waals surface area contributed by atoms with Crippen LogP contribution in [0.25, 0.3) is 0 Å². The number of hydrogen-bond acceptors (Lipinski definition) is 3. The van der Waals surface area contributed by atoms with E-state index in [1.807, 2.05) is 0 Å². The Balaban J connectivity index is 4.15. The first-order valence-corrected chi connectivity index (χ1v) is 6.37. The highest BCUT2D eigenvalue weighted by Gasteiger charge is 2.04. The summed E-state index contributed by atoms with van der Waals surface area (Å²) in [6, 6.07) is 0. The van der Waals surface area contributed by atoms with Crippen LogP contribution < -0.4 is 0 Å². The molecule has 0 atom stereocenters. The van der Waals surface area contributed by atoms with Crippen LogP contribution in [-0.4, -0.2) is 18.9 Å². The van der Waals surface area contributed by atoms with Crippen LogP contribution in [0.15, 0.2) is 11.6 Å². The zero-order chi connectivity index (χ0) is 13.1. The van der Waals surface area contributed by atoms with Gasteiger partial charge in [0.1, 0.15) is 5.78 Å². The van der Waals surface area contributed by atoms with Gasteiger partial charge in [0.05, 0.1) is 7.11 Å². The number of hydrogen-bond donors (Lipinski definition) is 0. The Morgan fingerprint density at radius 2 is 1.76 bits per heavy atom. The summed E-state index contributed by atoms with van der Waals surface area (Å²) in [5, 5.41) is 0. The molecule has 0 rings (SSSR count). The van der Waals surface area contributed by atoms with Crippen molar-refractivity contribution in [2.45, 2.75) is 58.8 Å². The minimum absolute atomic E-state index is 0.161. The van der Waals surface area contributed by atoms with Gasteiger partial charge in [0, 0.05) is 12.5 Å². The lowest BCUT2D eigenvalue weighted by atomic mass is 10.0. The molecule has 0 N–H and O–H groups in total. The van der Waals surface area contributed by atoms with E-state index in [9.17, 15) is 9.59 Å². The molecular formula is C14H24O3. The van der Waals surface area contributed by atoms with E-state index in [0.717, 1.165) is 18.4 Å². The molecule has 3 nitrogen and oxygen atoms in total. The number of carbonyl (C=O) groups excluding carboxylic acids is 2. The summed E-state index contributed by atoms with van der Waals surface area (Å²) in [7, 11) is 1.37. The van der Waals surface area contributed by atoms with Crippen molar-refractivity contribution in [2.75, 3.05) is 7.11 Å². The fourth-order valence-corrected chi connectivity index (χ4v) is 1.61. The molecular weight excluding hydrogens is 216 g/mol. The Labute approximate surface area is 104 Å². The van der Waals surface area contributed by atoms with Crippen LogP contribution in [0.3, 0.4) is 0 Å². The second-order valence-electron chi connectivity index (χ2n) is 4.34. The molecule has 0 saturated heterocycles. The molecule has 0 bridgehead atoms. The number of ether oxygens (including phenoxy) is 1. The lowest BCUT2D eigenvalue weighted by Gasteiger charge is -2.06. The Bertz CT molecular complexity index is 267. The van der Waals surface area contributed by atoms with Gasteiger partial charge in [-0.05, 0) is 26.2 Å². The molecule has 0 spiro atoms. The van der Waals surface area contributed by atoms with Crippen molar-refractivity contribution in [2.24, 2.45) is 0 Å². The zero-order valence-electron chi connectivity index (χ0n) is 11.3. The first-order valence-electron chi connectivity index (χ1n) is 6.37.